The van der Waals surface area contributed by atoms with Crippen LogP contribution in [0.25, 0.3) is 148 Å². The highest BCUT2D eigenvalue weighted by Crippen LogP contribution is 2.47. The van der Waals surface area contributed by atoms with Crippen molar-refractivity contribution in [2.45, 2.75) is 20.8 Å². The normalized spacial score (nSPS) is 11.2. The van der Waals surface area contributed by atoms with Crippen LogP contribution < -0.4 is 0 Å². The van der Waals surface area contributed by atoms with Gasteiger partial charge in [-0.15, -0.1) is 0 Å². The Morgan fingerprint density at radius 1 is 0.241 bits per heavy atom. The zero-order chi connectivity index (χ0) is 58.6. The van der Waals surface area contributed by atoms with Crippen LogP contribution in [0.1, 0.15) is 19.4 Å². The highest BCUT2D eigenvalue weighted by atomic mass is 15.0. The molecule has 2 aromatic heterocycles. The number of rotatable bonds is 6. The molecule has 17 aromatic rings. The number of aromatic amines is 1. The highest BCUT2D eigenvalue weighted by molar-refractivity contribution is 6.23. The van der Waals surface area contributed by atoms with Gasteiger partial charge in [0, 0.05) is 38.3 Å². The predicted octanol–water partition coefficient (Wildman–Crippen LogP) is 24.1. The Morgan fingerprint density at radius 3 is 1.24 bits per heavy atom. The molecule has 0 saturated heterocycles. The zero-order valence-electron chi connectivity index (χ0n) is 49.1. The monoisotopic (exact) mass is 1110 g/mol. The summed E-state index contributed by atoms with van der Waals surface area (Å²) in [6, 6.07) is 118. The molecule has 0 aliphatic rings. The van der Waals surface area contributed by atoms with E-state index >= 15 is 0 Å². The zero-order valence-corrected chi connectivity index (χ0v) is 49.1. The Bertz CT molecular complexity index is 5210. The summed E-state index contributed by atoms with van der Waals surface area (Å²) in [5, 5.41) is 15.2. The van der Waals surface area contributed by atoms with E-state index in [1.165, 1.54) is 143 Å². The van der Waals surface area contributed by atoms with E-state index in [-0.39, 0.29) is 0 Å². The summed E-state index contributed by atoms with van der Waals surface area (Å²) in [7, 11) is 0. The van der Waals surface area contributed by atoms with E-state index in [9.17, 15) is 0 Å². The van der Waals surface area contributed by atoms with E-state index in [1.807, 2.05) is 13.8 Å². The molecule has 0 fully saturated rings. The van der Waals surface area contributed by atoms with Crippen molar-refractivity contribution in [3.63, 3.8) is 0 Å². The maximum Gasteiger partial charge on any atom is 0.0541 e. The van der Waals surface area contributed by atoms with E-state index in [1.54, 1.807) is 0 Å². The Kier molecular flexibility index (Phi) is 14.8. The number of nitrogens with zero attached hydrogens (tertiary/aromatic N) is 1. The molecular formula is C85H64N2. The molecule has 0 unspecified atom stereocenters. The van der Waals surface area contributed by atoms with Crippen molar-refractivity contribution in [2.24, 2.45) is 0 Å². The minimum Gasteiger partial charge on any atom is -0.355 e. The minimum absolute atomic E-state index is 1.16. The SMILES string of the molecule is CC.Cc1ccc(-n2c3ccccc3c3cc(-c4ccc5c(-c6ccccc6)c6cc(-c7ccc8[nH]c9ccccc9c8c7)ccc6c(-c6ccccc6)c5c4)ccc32)cc1.c1ccc(-c2cccc3ccccc23)cc1.c1ccc2ccccc2c1. The van der Waals surface area contributed by atoms with E-state index in [0.29, 0.717) is 0 Å². The number of hydrogen-bond donors (Lipinski definition) is 1. The van der Waals surface area contributed by atoms with Gasteiger partial charge in [-0.2, -0.15) is 0 Å². The Balaban J connectivity index is 0.000000194. The molecule has 0 bridgehead atoms. The van der Waals surface area contributed by atoms with Crippen molar-refractivity contribution in [3.05, 3.63) is 333 Å². The van der Waals surface area contributed by atoms with Gasteiger partial charge in [0.15, 0.2) is 0 Å². The minimum atomic E-state index is 1.16. The average molecular weight is 1110 g/mol. The van der Waals surface area contributed by atoms with E-state index in [2.05, 4.69) is 344 Å². The lowest BCUT2D eigenvalue weighted by Gasteiger charge is -2.20. The third-order valence-corrected chi connectivity index (χ3v) is 16.9. The standard InChI is InChI=1S/C57H38N2.C16H12.C10H8.C2H6/c1-36-20-26-43(27-21-36)59-54-19-11-9-17-45(54)49-33-42(25-31-55(49)59)40-23-29-47-51(35-40)57(38-14-6-3-7-15-38)46-28-22-39(34-50(46)56(47)37-12-4-2-5-13-37)41-24-30-53-48(32-41)44-16-8-10-18-52(44)58-53;1-2-7-13(8-3-1)16-12-6-10-14-9-4-5-11-15(14)16;1-2-6-10-8-4-3-7-9(10)5-1;1-2/h2-35,58H,1H3;1-12H;1-8H;1-2H3. The lowest BCUT2D eigenvalue weighted by atomic mass is 9.84. The third kappa shape index (κ3) is 10.4. The van der Waals surface area contributed by atoms with Gasteiger partial charge >= 0.3 is 0 Å². The Labute approximate surface area is 508 Å². The summed E-state index contributed by atoms with van der Waals surface area (Å²) in [6.07, 6.45) is 0. The number of benzene rings is 15. The molecule has 414 valence electrons. The van der Waals surface area contributed by atoms with E-state index in [0.717, 1.165) is 11.0 Å². The van der Waals surface area contributed by atoms with Crippen molar-refractivity contribution in [1.82, 2.24) is 9.55 Å². The maximum atomic E-state index is 3.60. The largest absolute Gasteiger partial charge is 0.355 e. The molecule has 0 radical (unpaired) electrons. The topological polar surface area (TPSA) is 20.7 Å². The number of nitrogens with one attached hydrogen (secondary N) is 1. The summed E-state index contributed by atoms with van der Waals surface area (Å²) < 4.78 is 2.40. The van der Waals surface area contributed by atoms with Gasteiger partial charge < -0.3 is 9.55 Å². The molecule has 87 heavy (non-hydrogen) atoms. The molecule has 2 heteroatoms. The fourth-order valence-electron chi connectivity index (χ4n) is 12.8. The second-order valence-electron chi connectivity index (χ2n) is 22.1. The third-order valence-electron chi connectivity index (χ3n) is 16.9. The number of para-hydroxylation sites is 2. The van der Waals surface area contributed by atoms with Gasteiger partial charge in [-0.3, -0.25) is 0 Å². The fraction of sp³-hybridized carbons (Fsp3) is 0.0353. The smallest absolute Gasteiger partial charge is 0.0541 e. The van der Waals surface area contributed by atoms with Crippen molar-refractivity contribution < 1.29 is 0 Å². The van der Waals surface area contributed by atoms with Gasteiger partial charge in [-0.05, 0) is 166 Å². The molecule has 0 saturated carbocycles. The van der Waals surface area contributed by atoms with Gasteiger partial charge in [-0.1, -0.05) is 286 Å². The van der Waals surface area contributed by atoms with Gasteiger partial charge in [0.05, 0.1) is 11.0 Å². The summed E-state index contributed by atoms with van der Waals surface area (Å²) >= 11 is 0. The van der Waals surface area contributed by atoms with Crippen molar-refractivity contribution >= 4 is 86.7 Å². The van der Waals surface area contributed by atoms with Crippen molar-refractivity contribution in [2.75, 3.05) is 0 Å². The summed E-state index contributed by atoms with van der Waals surface area (Å²) in [4.78, 5) is 3.60. The van der Waals surface area contributed by atoms with E-state index < -0.39 is 0 Å². The molecule has 0 amide bonds. The number of fused-ring (bicyclic) bond motifs is 10. The van der Waals surface area contributed by atoms with Gasteiger partial charge in [-0.25, -0.2) is 0 Å². The first-order valence-electron chi connectivity index (χ1n) is 30.3. The van der Waals surface area contributed by atoms with Crippen LogP contribution in [-0.2, 0) is 0 Å². The van der Waals surface area contributed by atoms with Gasteiger partial charge in [0.2, 0.25) is 0 Å². The van der Waals surface area contributed by atoms with Gasteiger partial charge in [0.1, 0.15) is 0 Å². The van der Waals surface area contributed by atoms with Crippen LogP contribution in [0.2, 0.25) is 0 Å². The van der Waals surface area contributed by atoms with Crippen LogP contribution in [0.3, 0.4) is 0 Å². The van der Waals surface area contributed by atoms with Crippen LogP contribution in [0, 0.1) is 6.92 Å². The molecule has 0 aliphatic carbocycles. The number of aryl methyl sites for hydroxylation is 1. The second-order valence-corrected chi connectivity index (χ2v) is 22.1. The summed E-state index contributed by atoms with van der Waals surface area (Å²) in [5.74, 6) is 0. The highest BCUT2D eigenvalue weighted by Gasteiger charge is 2.20. The van der Waals surface area contributed by atoms with Crippen LogP contribution in [0.15, 0.2) is 328 Å². The summed E-state index contributed by atoms with van der Waals surface area (Å²) in [5.41, 5.74) is 19.5. The lowest BCUT2D eigenvalue weighted by molar-refractivity contribution is 1.17. The second kappa shape index (κ2) is 23.9. The van der Waals surface area contributed by atoms with Crippen LogP contribution >= 0.6 is 0 Å². The molecule has 0 spiro atoms. The van der Waals surface area contributed by atoms with Crippen LogP contribution in [0.5, 0.6) is 0 Å². The molecule has 17 rings (SSSR count). The number of H-pyrrole nitrogens is 1. The van der Waals surface area contributed by atoms with Crippen LogP contribution in [0.4, 0.5) is 0 Å². The molecule has 15 aromatic carbocycles. The summed E-state index contributed by atoms with van der Waals surface area (Å²) in [6.45, 7) is 6.14. The Hall–Kier alpha value is -11.1. The number of hydrogen-bond acceptors (Lipinski definition) is 0. The first-order chi connectivity index (χ1) is 43.1. The maximum absolute atomic E-state index is 3.60. The molecular weight excluding hydrogens is 1050 g/mol. The molecule has 2 nitrogen and oxygen atoms in total. The lowest BCUT2D eigenvalue weighted by Crippen LogP contribution is -1.94. The van der Waals surface area contributed by atoms with Gasteiger partial charge in [0.25, 0.3) is 0 Å². The first kappa shape index (κ1) is 53.9. The molecule has 0 aliphatic heterocycles. The molecule has 2 heterocycles. The molecule has 1 N–H and O–H groups in total. The predicted molar refractivity (Wildman–Crippen MR) is 376 cm³/mol. The van der Waals surface area contributed by atoms with Crippen molar-refractivity contribution in [1.29, 1.82) is 0 Å². The fourth-order valence-corrected chi connectivity index (χ4v) is 12.8. The Morgan fingerprint density at radius 2 is 0.655 bits per heavy atom. The average Bonchev–Trinajstić information content (AvgIpc) is 2.00. The van der Waals surface area contributed by atoms with Crippen LogP contribution in [-0.4, -0.2) is 9.55 Å². The van der Waals surface area contributed by atoms with E-state index in [4.69, 9.17) is 0 Å². The quantitative estimate of drug-likeness (QED) is 0.160. The number of aromatic nitrogens is 2. The molecule has 0 atom stereocenters. The first-order valence-corrected chi connectivity index (χ1v) is 30.3. The van der Waals surface area contributed by atoms with Crippen molar-refractivity contribution in [3.8, 4) is 61.3 Å².